The summed E-state index contributed by atoms with van der Waals surface area (Å²) in [5, 5.41) is 9.78. The molecule has 0 spiro atoms. The molecule has 0 saturated heterocycles. The van der Waals surface area contributed by atoms with Crippen molar-refractivity contribution in [2.45, 2.75) is 6.42 Å². The van der Waals surface area contributed by atoms with Crippen molar-refractivity contribution in [3.05, 3.63) is 24.0 Å². The van der Waals surface area contributed by atoms with Gasteiger partial charge < -0.3 is 5.11 Å². The Labute approximate surface area is 79.8 Å². The molecule has 2 nitrogen and oxygen atoms in total. The van der Waals surface area contributed by atoms with Gasteiger partial charge in [-0.2, -0.15) is 0 Å². The van der Waals surface area contributed by atoms with Gasteiger partial charge in [0.25, 0.3) is 0 Å². The van der Waals surface area contributed by atoms with Gasteiger partial charge in [0, 0.05) is 11.8 Å². The summed E-state index contributed by atoms with van der Waals surface area (Å²) in [5.41, 5.74) is 0.689. The topological polar surface area (TPSA) is 33.1 Å². The molecule has 3 heteroatoms. The molecular formula is C9H8BrNO. The summed E-state index contributed by atoms with van der Waals surface area (Å²) in [6.45, 7) is 0. The maximum atomic E-state index is 8.91. The van der Waals surface area contributed by atoms with Crippen molar-refractivity contribution in [2.24, 2.45) is 0 Å². The number of nitrogens with zero attached hydrogens (tertiary/aromatic N) is 1. The van der Waals surface area contributed by atoms with Gasteiger partial charge in [-0.25, -0.2) is 4.98 Å². The second-order valence-electron chi connectivity index (χ2n) is 2.14. The molecular weight excluding hydrogens is 218 g/mol. The molecule has 0 aromatic carbocycles. The molecule has 1 N–H and O–H groups in total. The molecule has 1 heterocycles. The molecule has 0 aliphatic carbocycles. The minimum absolute atomic E-state index is 0.168. The van der Waals surface area contributed by atoms with E-state index in [9.17, 15) is 0 Å². The van der Waals surface area contributed by atoms with Crippen molar-refractivity contribution >= 4 is 15.9 Å². The maximum Gasteiger partial charge on any atom is 0.133 e. The van der Waals surface area contributed by atoms with E-state index < -0.39 is 0 Å². The fraction of sp³-hybridized carbons (Fsp3) is 0.222. The van der Waals surface area contributed by atoms with Gasteiger partial charge in [-0.15, -0.1) is 0 Å². The lowest BCUT2D eigenvalue weighted by molar-refractivity contribution is 0.472. The van der Waals surface area contributed by atoms with Crippen molar-refractivity contribution in [3.63, 3.8) is 0 Å². The lowest BCUT2D eigenvalue weighted by Crippen LogP contribution is -1.79. The van der Waals surface area contributed by atoms with Gasteiger partial charge in [-0.3, -0.25) is 0 Å². The van der Waals surface area contributed by atoms with Crippen LogP contribution in [0.4, 0.5) is 0 Å². The Morgan fingerprint density at radius 1 is 1.50 bits per heavy atom. The zero-order chi connectivity index (χ0) is 8.81. The summed E-state index contributed by atoms with van der Waals surface area (Å²) in [4.78, 5) is 3.91. The normalized spacial score (nSPS) is 8.75. The fourth-order valence-electron chi connectivity index (χ4n) is 0.660. The van der Waals surface area contributed by atoms with Crippen molar-refractivity contribution in [2.75, 3.05) is 5.33 Å². The molecule has 1 aromatic heterocycles. The largest absolute Gasteiger partial charge is 0.506 e. The summed E-state index contributed by atoms with van der Waals surface area (Å²) in [5.74, 6) is 5.97. The Bertz CT molecular complexity index is 297. The van der Waals surface area contributed by atoms with Gasteiger partial charge in [0.15, 0.2) is 0 Å². The zero-order valence-corrected chi connectivity index (χ0v) is 8.00. The van der Waals surface area contributed by atoms with Crippen LogP contribution in [0.25, 0.3) is 0 Å². The highest BCUT2D eigenvalue weighted by atomic mass is 79.9. The number of rotatable bonds is 1. The molecule has 0 radical (unpaired) electrons. The molecule has 0 amide bonds. The van der Waals surface area contributed by atoms with E-state index in [0.29, 0.717) is 5.69 Å². The third-order valence-corrected chi connectivity index (χ3v) is 1.58. The number of hydrogen-bond acceptors (Lipinski definition) is 2. The number of alkyl halides is 1. The summed E-state index contributed by atoms with van der Waals surface area (Å²) >= 11 is 3.27. The molecule has 1 rings (SSSR count). The van der Waals surface area contributed by atoms with E-state index in [0.717, 1.165) is 11.8 Å². The van der Waals surface area contributed by atoms with Gasteiger partial charge in [-0.1, -0.05) is 21.9 Å². The van der Waals surface area contributed by atoms with Gasteiger partial charge in [0.1, 0.15) is 11.4 Å². The second-order valence-corrected chi connectivity index (χ2v) is 2.94. The Morgan fingerprint density at radius 3 is 2.92 bits per heavy atom. The SMILES string of the molecule is Oc1ccc(C#CCCBr)nc1. The zero-order valence-electron chi connectivity index (χ0n) is 6.42. The van der Waals surface area contributed by atoms with E-state index in [-0.39, 0.29) is 5.75 Å². The van der Waals surface area contributed by atoms with Crippen LogP contribution in [0.2, 0.25) is 0 Å². The lowest BCUT2D eigenvalue weighted by Gasteiger charge is -1.89. The number of hydrogen-bond donors (Lipinski definition) is 1. The first-order valence-electron chi connectivity index (χ1n) is 3.53. The molecule has 0 aliphatic heterocycles. The third-order valence-electron chi connectivity index (χ3n) is 1.18. The summed E-state index contributed by atoms with van der Waals surface area (Å²) in [6.07, 6.45) is 2.20. The number of pyridine rings is 1. The van der Waals surface area contributed by atoms with Gasteiger partial charge in [0.2, 0.25) is 0 Å². The molecule has 1 aromatic rings. The minimum atomic E-state index is 0.168. The Balaban J connectivity index is 2.66. The standard InChI is InChI=1S/C9H8BrNO/c10-6-2-1-3-8-4-5-9(12)7-11-8/h4-5,7,12H,2,6H2. The Kier molecular flexibility index (Phi) is 3.62. The van der Waals surface area contributed by atoms with E-state index >= 15 is 0 Å². The van der Waals surface area contributed by atoms with Crippen molar-refractivity contribution in [1.29, 1.82) is 0 Å². The maximum absolute atomic E-state index is 8.91. The van der Waals surface area contributed by atoms with E-state index in [1.165, 1.54) is 6.20 Å². The highest BCUT2D eigenvalue weighted by Gasteiger charge is 1.87. The van der Waals surface area contributed by atoms with E-state index in [4.69, 9.17) is 5.11 Å². The molecule has 0 saturated carbocycles. The molecule has 12 heavy (non-hydrogen) atoms. The molecule has 0 unspecified atom stereocenters. The highest BCUT2D eigenvalue weighted by Crippen LogP contribution is 2.04. The van der Waals surface area contributed by atoms with Crippen LogP contribution in [-0.4, -0.2) is 15.4 Å². The third kappa shape index (κ3) is 2.93. The second kappa shape index (κ2) is 4.78. The van der Waals surface area contributed by atoms with Crippen LogP contribution in [-0.2, 0) is 0 Å². The number of aromatic hydroxyl groups is 1. The average molecular weight is 226 g/mol. The predicted molar refractivity (Wildman–Crippen MR) is 51.2 cm³/mol. The minimum Gasteiger partial charge on any atom is -0.506 e. The van der Waals surface area contributed by atoms with Gasteiger partial charge in [-0.05, 0) is 18.1 Å². The van der Waals surface area contributed by atoms with Crippen LogP contribution in [0, 0.1) is 11.8 Å². The van der Waals surface area contributed by atoms with Crippen LogP contribution >= 0.6 is 15.9 Å². The van der Waals surface area contributed by atoms with Gasteiger partial charge in [0.05, 0.1) is 6.20 Å². The molecule has 0 aliphatic rings. The van der Waals surface area contributed by atoms with Crippen LogP contribution < -0.4 is 0 Å². The highest BCUT2D eigenvalue weighted by molar-refractivity contribution is 9.09. The van der Waals surface area contributed by atoms with Crippen molar-refractivity contribution in [3.8, 4) is 17.6 Å². The molecule has 62 valence electrons. The van der Waals surface area contributed by atoms with Crippen LogP contribution in [0.5, 0.6) is 5.75 Å². The molecule has 0 atom stereocenters. The lowest BCUT2D eigenvalue weighted by atomic mass is 10.3. The van der Waals surface area contributed by atoms with Crippen LogP contribution in [0.3, 0.4) is 0 Å². The predicted octanol–water partition coefficient (Wildman–Crippen LogP) is 1.92. The summed E-state index contributed by atoms with van der Waals surface area (Å²) in [7, 11) is 0. The molecule has 0 fully saturated rings. The smallest absolute Gasteiger partial charge is 0.133 e. The van der Waals surface area contributed by atoms with Crippen LogP contribution in [0.15, 0.2) is 18.3 Å². The fourth-order valence-corrected chi connectivity index (χ4v) is 0.859. The Hall–Kier alpha value is -1.01. The van der Waals surface area contributed by atoms with Gasteiger partial charge >= 0.3 is 0 Å². The summed E-state index contributed by atoms with van der Waals surface area (Å²) < 4.78 is 0. The van der Waals surface area contributed by atoms with Crippen molar-refractivity contribution < 1.29 is 5.11 Å². The van der Waals surface area contributed by atoms with Crippen LogP contribution in [0.1, 0.15) is 12.1 Å². The first-order chi connectivity index (χ1) is 5.83. The van der Waals surface area contributed by atoms with E-state index in [2.05, 4.69) is 32.8 Å². The average Bonchev–Trinajstić information content (AvgIpc) is 2.09. The quantitative estimate of drug-likeness (QED) is 0.586. The Morgan fingerprint density at radius 2 is 2.33 bits per heavy atom. The number of halogens is 1. The van der Waals surface area contributed by atoms with E-state index in [1.807, 2.05) is 0 Å². The number of aromatic nitrogens is 1. The van der Waals surface area contributed by atoms with E-state index in [1.54, 1.807) is 12.1 Å². The first-order valence-corrected chi connectivity index (χ1v) is 4.65. The molecule has 0 bridgehead atoms. The first kappa shape index (κ1) is 9.08. The van der Waals surface area contributed by atoms with Crippen molar-refractivity contribution in [1.82, 2.24) is 4.98 Å². The summed E-state index contributed by atoms with van der Waals surface area (Å²) in [6, 6.07) is 3.27. The monoisotopic (exact) mass is 225 g/mol.